The lowest BCUT2D eigenvalue weighted by molar-refractivity contribution is -0.119. The molecule has 0 aliphatic carbocycles. The number of likely N-dealkylation sites (tertiary alicyclic amines) is 1. The van der Waals surface area contributed by atoms with E-state index in [1.165, 1.54) is 12.8 Å². The number of nitrogens with one attached hydrogen (secondary N) is 2. The Balaban J connectivity index is 1.62. The lowest BCUT2D eigenvalue weighted by Gasteiger charge is -2.25. The lowest BCUT2D eigenvalue weighted by atomic mass is 10.1. The zero-order chi connectivity index (χ0) is 22.5. The van der Waals surface area contributed by atoms with Gasteiger partial charge in [0.15, 0.2) is 0 Å². The van der Waals surface area contributed by atoms with Crippen LogP contribution < -0.4 is 20.3 Å². The summed E-state index contributed by atoms with van der Waals surface area (Å²) < 4.78 is 5.20. The maximum Gasteiger partial charge on any atom is 0.321 e. The fourth-order valence-corrected chi connectivity index (χ4v) is 4.13. The maximum absolute atomic E-state index is 13.2. The number of hydrogen-bond donors (Lipinski definition) is 2. The van der Waals surface area contributed by atoms with E-state index < -0.39 is 12.2 Å². The van der Waals surface area contributed by atoms with Gasteiger partial charge in [-0.05, 0) is 37.1 Å². The Morgan fingerprint density at radius 2 is 1.81 bits per heavy atom. The molecule has 1 atom stereocenters. The molecule has 3 amide bonds. The third-order valence-corrected chi connectivity index (χ3v) is 5.82. The lowest BCUT2D eigenvalue weighted by Crippen LogP contribution is -2.47. The number of hydrogen-bond acceptors (Lipinski definition) is 5. The molecule has 0 aromatic heterocycles. The molecule has 0 unspecified atom stereocenters. The molecular weight excluding hydrogens is 405 g/mol. The van der Waals surface area contributed by atoms with Gasteiger partial charge >= 0.3 is 6.03 Å². The molecule has 2 heterocycles. The van der Waals surface area contributed by atoms with Gasteiger partial charge in [-0.15, -0.1) is 0 Å². The minimum absolute atomic E-state index is 0.289. The van der Waals surface area contributed by atoms with Crippen molar-refractivity contribution in [2.45, 2.75) is 31.8 Å². The largest absolute Gasteiger partial charge is 0.497 e. The van der Waals surface area contributed by atoms with Crippen molar-refractivity contribution in [1.82, 2.24) is 10.2 Å². The van der Waals surface area contributed by atoms with E-state index >= 15 is 0 Å². The third-order valence-electron chi connectivity index (χ3n) is 5.82. The van der Waals surface area contributed by atoms with Crippen LogP contribution in [0.4, 0.5) is 16.2 Å². The fraction of sp³-hybridized carbons (Fsp3) is 0.375. The molecule has 2 aromatic rings. The molecule has 0 bridgehead atoms. The number of likely N-dealkylation sites (N-methyl/N-ethyl adjacent to an activating group) is 1. The highest BCUT2D eigenvalue weighted by molar-refractivity contribution is 6.12. The average Bonchev–Trinajstić information content (AvgIpc) is 3.14. The van der Waals surface area contributed by atoms with Crippen molar-refractivity contribution in [3.05, 3.63) is 54.1 Å². The minimum atomic E-state index is -1.03. The number of anilines is 2. The van der Waals surface area contributed by atoms with Crippen molar-refractivity contribution in [2.75, 3.05) is 37.5 Å². The topological polar surface area (TPSA) is 86.3 Å². The van der Waals surface area contributed by atoms with Crippen LogP contribution >= 0.6 is 0 Å². The first-order chi connectivity index (χ1) is 15.6. The summed E-state index contributed by atoms with van der Waals surface area (Å²) in [6.45, 7) is 1.77. The molecule has 32 heavy (non-hydrogen) atoms. The molecule has 0 spiro atoms. The van der Waals surface area contributed by atoms with Crippen molar-refractivity contribution in [1.29, 1.82) is 0 Å². The summed E-state index contributed by atoms with van der Waals surface area (Å²) in [6, 6.07) is 14.3. The van der Waals surface area contributed by atoms with Crippen molar-refractivity contribution >= 4 is 29.1 Å². The Bertz CT molecular complexity index is 1010. The van der Waals surface area contributed by atoms with Gasteiger partial charge in [-0.3, -0.25) is 4.79 Å². The Morgan fingerprint density at radius 3 is 2.56 bits per heavy atom. The zero-order valence-electron chi connectivity index (χ0n) is 18.5. The van der Waals surface area contributed by atoms with E-state index in [0.717, 1.165) is 43.0 Å². The molecule has 2 aliphatic rings. The molecular formula is C24H29N5O3. The van der Waals surface area contributed by atoms with Gasteiger partial charge in [-0.2, -0.15) is 0 Å². The number of amidine groups is 1. The molecule has 4 rings (SSSR count). The molecule has 8 heteroatoms. The number of nitrogens with zero attached hydrogens (tertiary/aromatic N) is 3. The first-order valence-corrected chi connectivity index (χ1v) is 11.0. The van der Waals surface area contributed by atoms with Crippen LogP contribution in [0.1, 0.15) is 31.2 Å². The van der Waals surface area contributed by atoms with Gasteiger partial charge in [0, 0.05) is 37.5 Å². The van der Waals surface area contributed by atoms with Crippen LogP contribution in [0.3, 0.4) is 0 Å². The number of para-hydroxylation sites is 1. The van der Waals surface area contributed by atoms with Crippen LogP contribution in [-0.2, 0) is 4.79 Å². The van der Waals surface area contributed by atoms with Crippen LogP contribution in [0.2, 0.25) is 0 Å². The smallest absolute Gasteiger partial charge is 0.321 e. The summed E-state index contributed by atoms with van der Waals surface area (Å²) >= 11 is 0. The monoisotopic (exact) mass is 434 g/mol. The maximum atomic E-state index is 13.2. The molecule has 1 fully saturated rings. The first kappa shape index (κ1) is 21.7. The van der Waals surface area contributed by atoms with Gasteiger partial charge in [0.1, 0.15) is 11.6 Å². The van der Waals surface area contributed by atoms with Gasteiger partial charge < -0.3 is 25.2 Å². The number of rotatable bonds is 3. The quantitative estimate of drug-likeness (QED) is 0.775. The van der Waals surface area contributed by atoms with E-state index in [9.17, 15) is 9.59 Å². The van der Waals surface area contributed by atoms with Crippen LogP contribution in [0.5, 0.6) is 5.75 Å². The molecule has 0 saturated carbocycles. The second-order valence-corrected chi connectivity index (χ2v) is 8.00. The van der Waals surface area contributed by atoms with Crippen molar-refractivity contribution < 1.29 is 14.3 Å². The van der Waals surface area contributed by atoms with Gasteiger partial charge in [-0.25, -0.2) is 9.79 Å². The van der Waals surface area contributed by atoms with E-state index in [0.29, 0.717) is 11.4 Å². The number of fused-ring (bicyclic) bond motifs is 1. The minimum Gasteiger partial charge on any atom is -0.497 e. The number of methoxy groups -OCH3 is 1. The molecule has 2 aromatic carbocycles. The van der Waals surface area contributed by atoms with E-state index in [-0.39, 0.29) is 5.91 Å². The second kappa shape index (κ2) is 9.72. The second-order valence-electron chi connectivity index (χ2n) is 8.00. The van der Waals surface area contributed by atoms with Gasteiger partial charge in [0.25, 0.3) is 5.91 Å². The highest BCUT2D eigenvalue weighted by atomic mass is 16.4. The van der Waals surface area contributed by atoms with Crippen LogP contribution in [-0.4, -0.2) is 56.1 Å². The molecule has 1 saturated heterocycles. The average molecular weight is 435 g/mol. The van der Waals surface area contributed by atoms with Crippen LogP contribution in [0.15, 0.2) is 53.5 Å². The summed E-state index contributed by atoms with van der Waals surface area (Å²) in [5.41, 5.74) is 2.26. The summed E-state index contributed by atoms with van der Waals surface area (Å²) in [4.78, 5) is 34.6. The number of aliphatic imine (C=N–C) groups is 1. The molecule has 0 radical (unpaired) electrons. The molecule has 8 nitrogen and oxygen atoms in total. The first-order valence-electron chi connectivity index (χ1n) is 11.0. The number of benzene rings is 2. The standard InChI is InChI=1S/C24H29N5O3/c1-28-20-13-6-5-12-19(20)22(29-14-7-3-4-8-15-29)26-21(23(28)30)27-24(31)25-17-10-9-11-18(16-17)32-2/h5-6,9-13,16,21H,3-4,7-8,14-15H2,1-2H3,(H2,25,27,31)/t21-/m1/s1/i2-1. The van der Waals surface area contributed by atoms with E-state index in [1.54, 1.807) is 43.3 Å². The predicted octanol–water partition coefficient (Wildman–Crippen LogP) is 3.44. The number of urea groups is 1. The van der Waals surface area contributed by atoms with E-state index in [1.807, 2.05) is 24.3 Å². The summed E-state index contributed by atoms with van der Waals surface area (Å²) in [7, 11) is 3.28. The molecule has 2 aliphatic heterocycles. The summed E-state index contributed by atoms with van der Waals surface area (Å²) in [5.74, 6) is 1.10. The van der Waals surface area contributed by atoms with Crippen LogP contribution in [0, 0.1) is 0 Å². The third kappa shape index (κ3) is 4.69. The normalized spacial score (nSPS) is 18.8. The number of carbonyl (C=O) groups is 2. The number of ether oxygens (including phenoxy) is 1. The van der Waals surface area contributed by atoms with Gasteiger partial charge in [0.2, 0.25) is 6.17 Å². The fourth-order valence-electron chi connectivity index (χ4n) is 4.13. The Hall–Kier alpha value is -3.55. The zero-order valence-corrected chi connectivity index (χ0v) is 18.5. The van der Waals surface area contributed by atoms with Crippen molar-refractivity contribution in [3.8, 4) is 5.75 Å². The Morgan fingerprint density at radius 1 is 1.06 bits per heavy atom. The van der Waals surface area contributed by atoms with Crippen molar-refractivity contribution in [2.24, 2.45) is 4.99 Å². The Kier molecular flexibility index (Phi) is 6.58. The SMILES string of the molecule is CN1C(=O)[C@@H](NC(=O)Nc2cccc(O[11CH3])c2)N=C(N2CCCCCC2)c2ccccc21. The number of amides is 3. The highest BCUT2D eigenvalue weighted by Crippen LogP contribution is 2.27. The molecule has 2 N–H and O–H groups in total. The number of carbonyl (C=O) groups excluding carboxylic acids is 2. The molecule has 168 valence electrons. The highest BCUT2D eigenvalue weighted by Gasteiger charge is 2.32. The summed E-state index contributed by atoms with van der Waals surface area (Å²) in [5, 5.41) is 5.51. The van der Waals surface area contributed by atoms with Gasteiger partial charge in [0.05, 0.1) is 12.8 Å². The van der Waals surface area contributed by atoms with Gasteiger partial charge in [-0.1, -0.05) is 31.0 Å². The van der Waals surface area contributed by atoms with E-state index in [2.05, 4.69) is 15.5 Å². The number of benzodiazepines with no additional fused rings is 1. The summed E-state index contributed by atoms with van der Waals surface area (Å²) in [6.07, 6.45) is 3.51. The van der Waals surface area contributed by atoms with Crippen LogP contribution in [0.25, 0.3) is 0 Å². The van der Waals surface area contributed by atoms with E-state index in [4.69, 9.17) is 9.73 Å². The Labute approximate surface area is 188 Å². The predicted molar refractivity (Wildman–Crippen MR) is 125 cm³/mol. The van der Waals surface area contributed by atoms with Crippen molar-refractivity contribution in [3.63, 3.8) is 0 Å².